The summed E-state index contributed by atoms with van der Waals surface area (Å²) >= 11 is 0. The summed E-state index contributed by atoms with van der Waals surface area (Å²) in [7, 11) is 0. The maximum atomic E-state index is 12.3. The molecule has 32 heavy (non-hydrogen) atoms. The molecule has 2 aromatic carbocycles. The van der Waals surface area contributed by atoms with Crippen molar-refractivity contribution < 1.29 is 19.1 Å². The molecule has 0 radical (unpaired) electrons. The predicted molar refractivity (Wildman–Crippen MR) is 122 cm³/mol. The van der Waals surface area contributed by atoms with E-state index in [1.54, 1.807) is 18.2 Å². The molecular weight excluding hydrogens is 408 g/mol. The zero-order chi connectivity index (χ0) is 22.2. The van der Waals surface area contributed by atoms with E-state index in [1.807, 2.05) is 6.07 Å². The number of ether oxygens (including phenoxy) is 2. The van der Waals surface area contributed by atoms with Crippen molar-refractivity contribution in [1.82, 2.24) is 15.1 Å². The molecule has 8 nitrogen and oxygen atoms in total. The fourth-order valence-corrected chi connectivity index (χ4v) is 3.98. The van der Waals surface area contributed by atoms with E-state index in [0.717, 1.165) is 39.1 Å². The highest BCUT2D eigenvalue weighted by Crippen LogP contribution is 2.32. The van der Waals surface area contributed by atoms with Crippen LogP contribution >= 0.6 is 0 Å². The average Bonchev–Trinajstić information content (AvgIpc) is 3.03. The number of benzene rings is 2. The highest BCUT2D eigenvalue weighted by atomic mass is 16.6. The summed E-state index contributed by atoms with van der Waals surface area (Å²) in [5, 5.41) is 5.08. The Balaban J connectivity index is 1.17. The first-order chi connectivity index (χ1) is 15.7. The molecule has 2 aliphatic heterocycles. The Bertz CT molecular complexity index is 921. The second-order valence-electron chi connectivity index (χ2n) is 8.07. The number of rotatable bonds is 6. The van der Waals surface area contributed by atoms with E-state index in [9.17, 15) is 9.59 Å². The maximum absolute atomic E-state index is 12.3. The van der Waals surface area contributed by atoms with Gasteiger partial charge in [-0.15, -0.1) is 0 Å². The number of carbonyl (C=O) groups is 2. The van der Waals surface area contributed by atoms with Crippen LogP contribution in [-0.4, -0.2) is 67.7 Å². The molecule has 0 aliphatic carbocycles. The number of nitrogens with one attached hydrogen (secondary N) is 2. The molecule has 4 rings (SSSR count). The number of fused-ring (bicyclic) bond motifs is 1. The molecule has 8 heteroatoms. The topological polar surface area (TPSA) is 83.1 Å². The average molecular weight is 439 g/mol. The summed E-state index contributed by atoms with van der Waals surface area (Å²) in [4.78, 5) is 29.2. The summed E-state index contributed by atoms with van der Waals surface area (Å²) in [5.74, 6) is 0.950. The van der Waals surface area contributed by atoms with Gasteiger partial charge in [0.05, 0.1) is 0 Å². The standard InChI is InChI=1S/C24H30N4O4/c29-23(26-24(30)25-20-7-8-21-22(17-20)32-16-15-31-21)9-12-27-10-4-11-28(14-13-27)18-19-5-2-1-3-6-19/h1-3,5-8,17H,4,9-16,18H2,(H2,25,26,29,30). The first kappa shape index (κ1) is 22.1. The Morgan fingerprint density at radius 1 is 0.875 bits per heavy atom. The second kappa shape index (κ2) is 11.0. The number of amides is 3. The van der Waals surface area contributed by atoms with Crippen molar-refractivity contribution in [2.75, 3.05) is 51.3 Å². The van der Waals surface area contributed by atoms with Crippen molar-refractivity contribution in [3.63, 3.8) is 0 Å². The highest BCUT2D eigenvalue weighted by molar-refractivity contribution is 6.01. The Kier molecular flexibility index (Phi) is 7.58. The van der Waals surface area contributed by atoms with Crippen LogP contribution in [0.1, 0.15) is 18.4 Å². The first-order valence-electron chi connectivity index (χ1n) is 11.1. The number of imide groups is 1. The van der Waals surface area contributed by atoms with Crippen LogP contribution in [-0.2, 0) is 11.3 Å². The molecule has 3 amide bonds. The third kappa shape index (κ3) is 6.45. The van der Waals surface area contributed by atoms with Gasteiger partial charge in [-0.3, -0.25) is 15.0 Å². The van der Waals surface area contributed by atoms with E-state index < -0.39 is 6.03 Å². The molecule has 1 fully saturated rings. The summed E-state index contributed by atoms with van der Waals surface area (Å²) in [6.07, 6.45) is 1.35. The fourth-order valence-electron chi connectivity index (χ4n) is 3.98. The van der Waals surface area contributed by atoms with Crippen molar-refractivity contribution in [3.05, 3.63) is 54.1 Å². The minimum Gasteiger partial charge on any atom is -0.486 e. The van der Waals surface area contributed by atoms with E-state index in [4.69, 9.17) is 9.47 Å². The Hall–Kier alpha value is -3.10. The van der Waals surface area contributed by atoms with Crippen LogP contribution in [0.3, 0.4) is 0 Å². The molecule has 1 saturated heterocycles. The summed E-state index contributed by atoms with van der Waals surface area (Å²) in [5.41, 5.74) is 1.87. The molecule has 0 atom stereocenters. The van der Waals surface area contributed by atoms with Gasteiger partial charge in [-0.2, -0.15) is 0 Å². The normalized spacial score (nSPS) is 16.8. The number of nitrogens with zero attached hydrogens (tertiary/aromatic N) is 2. The van der Waals surface area contributed by atoms with Gasteiger partial charge in [-0.1, -0.05) is 30.3 Å². The molecule has 2 aliphatic rings. The molecule has 2 N–H and O–H groups in total. The van der Waals surface area contributed by atoms with Gasteiger partial charge in [0.2, 0.25) is 5.91 Å². The van der Waals surface area contributed by atoms with Gasteiger partial charge < -0.3 is 19.7 Å². The Labute approximate surface area is 188 Å². The van der Waals surface area contributed by atoms with Gasteiger partial charge in [-0.05, 0) is 37.2 Å². The lowest BCUT2D eigenvalue weighted by molar-refractivity contribution is -0.120. The summed E-state index contributed by atoms with van der Waals surface area (Å²) in [6, 6.07) is 15.1. The summed E-state index contributed by atoms with van der Waals surface area (Å²) in [6.45, 7) is 6.48. The number of anilines is 1. The van der Waals surface area contributed by atoms with Crippen molar-refractivity contribution >= 4 is 17.6 Å². The SMILES string of the molecule is O=C(CCN1CCCN(Cc2ccccc2)CC1)NC(=O)Nc1ccc2c(c1)OCCO2. The van der Waals surface area contributed by atoms with Crippen LogP contribution < -0.4 is 20.1 Å². The lowest BCUT2D eigenvalue weighted by Crippen LogP contribution is -2.37. The van der Waals surface area contributed by atoms with E-state index in [1.165, 1.54) is 5.56 Å². The van der Waals surface area contributed by atoms with Crippen LogP contribution in [0.15, 0.2) is 48.5 Å². The van der Waals surface area contributed by atoms with Gasteiger partial charge in [0.15, 0.2) is 11.5 Å². The molecule has 0 saturated carbocycles. The predicted octanol–water partition coefficient (Wildman–Crippen LogP) is 2.70. The van der Waals surface area contributed by atoms with Crippen molar-refractivity contribution in [2.24, 2.45) is 0 Å². The van der Waals surface area contributed by atoms with Gasteiger partial charge in [0.1, 0.15) is 13.2 Å². The third-order valence-electron chi connectivity index (χ3n) is 5.64. The lowest BCUT2D eigenvalue weighted by atomic mass is 10.2. The smallest absolute Gasteiger partial charge is 0.325 e. The van der Waals surface area contributed by atoms with Crippen LogP contribution in [0, 0.1) is 0 Å². The summed E-state index contributed by atoms with van der Waals surface area (Å²) < 4.78 is 11.0. The lowest BCUT2D eigenvalue weighted by Gasteiger charge is -2.21. The van der Waals surface area contributed by atoms with E-state index in [2.05, 4.69) is 44.7 Å². The minimum atomic E-state index is -0.545. The molecule has 0 bridgehead atoms. The largest absolute Gasteiger partial charge is 0.486 e. The van der Waals surface area contributed by atoms with Crippen molar-refractivity contribution in [2.45, 2.75) is 19.4 Å². The first-order valence-corrected chi connectivity index (χ1v) is 11.1. The quantitative estimate of drug-likeness (QED) is 0.722. The van der Waals surface area contributed by atoms with Gasteiger partial charge >= 0.3 is 6.03 Å². The molecule has 2 heterocycles. The van der Waals surface area contributed by atoms with E-state index in [0.29, 0.717) is 36.9 Å². The fraction of sp³-hybridized carbons (Fsp3) is 0.417. The van der Waals surface area contributed by atoms with Crippen molar-refractivity contribution in [1.29, 1.82) is 0 Å². The Morgan fingerprint density at radius 2 is 1.62 bits per heavy atom. The monoisotopic (exact) mass is 438 g/mol. The van der Waals surface area contributed by atoms with Crippen LogP contribution in [0.2, 0.25) is 0 Å². The molecular formula is C24H30N4O4. The highest BCUT2D eigenvalue weighted by Gasteiger charge is 2.17. The Morgan fingerprint density at radius 3 is 2.47 bits per heavy atom. The number of urea groups is 1. The van der Waals surface area contributed by atoms with Gasteiger partial charge in [0.25, 0.3) is 0 Å². The van der Waals surface area contributed by atoms with Crippen LogP contribution in [0.25, 0.3) is 0 Å². The van der Waals surface area contributed by atoms with Crippen LogP contribution in [0.5, 0.6) is 11.5 Å². The number of hydrogen-bond acceptors (Lipinski definition) is 6. The number of hydrogen-bond donors (Lipinski definition) is 2. The molecule has 0 unspecified atom stereocenters. The third-order valence-corrected chi connectivity index (χ3v) is 5.64. The van der Waals surface area contributed by atoms with E-state index in [-0.39, 0.29) is 12.3 Å². The molecule has 0 aromatic heterocycles. The maximum Gasteiger partial charge on any atom is 0.325 e. The molecule has 2 aromatic rings. The van der Waals surface area contributed by atoms with Gasteiger partial charge in [-0.25, -0.2) is 4.79 Å². The minimum absolute atomic E-state index is 0.285. The van der Waals surface area contributed by atoms with Gasteiger partial charge in [0, 0.05) is 44.4 Å². The molecule has 0 spiro atoms. The zero-order valence-electron chi connectivity index (χ0n) is 18.2. The van der Waals surface area contributed by atoms with Crippen molar-refractivity contribution in [3.8, 4) is 11.5 Å². The van der Waals surface area contributed by atoms with E-state index >= 15 is 0 Å². The number of carbonyl (C=O) groups excluding carboxylic acids is 2. The van der Waals surface area contributed by atoms with Crippen LogP contribution in [0.4, 0.5) is 10.5 Å². The second-order valence-corrected chi connectivity index (χ2v) is 8.07. The molecule has 170 valence electrons. The zero-order valence-corrected chi connectivity index (χ0v) is 18.2.